The molecule has 0 saturated heterocycles. The van der Waals surface area contributed by atoms with Crippen LogP contribution < -0.4 is 10.9 Å². The van der Waals surface area contributed by atoms with Crippen LogP contribution in [0.3, 0.4) is 0 Å². The van der Waals surface area contributed by atoms with Gasteiger partial charge >= 0.3 is 6.09 Å². The van der Waals surface area contributed by atoms with Crippen molar-refractivity contribution in [2.75, 3.05) is 26.0 Å². The fourth-order valence-corrected chi connectivity index (χ4v) is 4.62. The summed E-state index contributed by atoms with van der Waals surface area (Å²) in [6.07, 6.45) is 0.330. The van der Waals surface area contributed by atoms with Gasteiger partial charge in [-0.05, 0) is 43.7 Å². The number of nitrogens with zero attached hydrogens (tertiary/aromatic N) is 1. The summed E-state index contributed by atoms with van der Waals surface area (Å²) in [4.78, 5) is 31.2. The van der Waals surface area contributed by atoms with Crippen LogP contribution in [-0.2, 0) is 27.2 Å². The number of H-pyrrole nitrogens is 1. The predicted molar refractivity (Wildman–Crippen MR) is 117 cm³/mol. The average Bonchev–Trinajstić information content (AvgIpc) is 2.71. The van der Waals surface area contributed by atoms with E-state index in [2.05, 4.69) is 31.0 Å². The van der Waals surface area contributed by atoms with Gasteiger partial charge in [0, 0.05) is 27.9 Å². The van der Waals surface area contributed by atoms with E-state index in [0.717, 1.165) is 39.0 Å². The Morgan fingerprint density at radius 3 is 2.93 bits per heavy atom. The van der Waals surface area contributed by atoms with Gasteiger partial charge in [-0.3, -0.25) is 4.79 Å². The lowest BCUT2D eigenvalue weighted by atomic mass is 9.96. The Hall–Kier alpha value is -1.84. The second kappa shape index (κ2) is 9.32. The van der Waals surface area contributed by atoms with E-state index in [0.29, 0.717) is 24.7 Å². The Morgan fingerprint density at radius 2 is 2.21 bits per heavy atom. The van der Waals surface area contributed by atoms with E-state index < -0.39 is 11.7 Å². The van der Waals surface area contributed by atoms with Crippen LogP contribution >= 0.6 is 27.7 Å². The lowest BCUT2D eigenvalue weighted by molar-refractivity contribution is -0.0195. The molecule has 2 N–H and O–H groups in total. The number of benzene rings is 1. The second-order valence-corrected chi connectivity index (χ2v) is 9.07. The number of methoxy groups -OCH3 is 1. The Kier molecular flexibility index (Phi) is 7.02. The average molecular weight is 482 g/mol. The van der Waals surface area contributed by atoms with Gasteiger partial charge in [0.25, 0.3) is 5.56 Å². The third-order valence-electron chi connectivity index (χ3n) is 4.77. The van der Waals surface area contributed by atoms with Crippen LogP contribution in [0.5, 0.6) is 0 Å². The van der Waals surface area contributed by atoms with Crippen molar-refractivity contribution in [2.45, 2.75) is 31.6 Å². The summed E-state index contributed by atoms with van der Waals surface area (Å²) >= 11 is 5.37. The summed E-state index contributed by atoms with van der Waals surface area (Å²) < 4.78 is 11.3. The third-order valence-corrected chi connectivity index (χ3v) is 6.41. The normalized spacial score (nSPS) is 13.7. The van der Waals surface area contributed by atoms with Crippen molar-refractivity contribution in [3.8, 4) is 11.4 Å². The summed E-state index contributed by atoms with van der Waals surface area (Å²) in [6.45, 7) is 4.62. The van der Waals surface area contributed by atoms with Crippen LogP contribution in [0.15, 0.2) is 27.5 Å². The Morgan fingerprint density at radius 1 is 1.41 bits per heavy atom. The van der Waals surface area contributed by atoms with Crippen molar-refractivity contribution in [1.29, 1.82) is 0 Å². The summed E-state index contributed by atoms with van der Waals surface area (Å²) in [6, 6.07) is 5.86. The molecule has 1 amide bonds. The number of aryl methyl sites for hydroxylation is 1. The molecule has 0 bridgehead atoms. The molecular formula is C20H24BrN3O4S. The van der Waals surface area contributed by atoms with Gasteiger partial charge in [0.15, 0.2) is 0 Å². The number of aromatic nitrogens is 2. The minimum atomic E-state index is -0.563. The molecule has 2 heterocycles. The van der Waals surface area contributed by atoms with E-state index in [1.807, 2.05) is 32.0 Å². The summed E-state index contributed by atoms with van der Waals surface area (Å²) in [7, 11) is 1.32. The third kappa shape index (κ3) is 5.21. The van der Waals surface area contributed by atoms with Gasteiger partial charge in [-0.25, -0.2) is 9.78 Å². The zero-order valence-electron chi connectivity index (χ0n) is 16.6. The number of halogens is 1. The van der Waals surface area contributed by atoms with Gasteiger partial charge in [0.05, 0.1) is 25.0 Å². The highest BCUT2D eigenvalue weighted by molar-refractivity contribution is 9.10. The topological polar surface area (TPSA) is 93.3 Å². The maximum Gasteiger partial charge on any atom is 0.406 e. The number of thioether (sulfide) groups is 1. The lowest BCUT2D eigenvalue weighted by Crippen LogP contribution is -2.30. The van der Waals surface area contributed by atoms with Crippen LogP contribution in [0.4, 0.5) is 4.79 Å². The van der Waals surface area contributed by atoms with Crippen LogP contribution in [-0.4, -0.2) is 42.1 Å². The molecule has 156 valence electrons. The molecule has 7 nitrogen and oxygen atoms in total. The number of nitrogens with one attached hydrogen (secondary N) is 2. The largest absolute Gasteiger partial charge is 0.453 e. The van der Waals surface area contributed by atoms with Crippen molar-refractivity contribution < 1.29 is 14.3 Å². The number of fused-ring (bicyclic) bond motifs is 1. The first-order chi connectivity index (χ1) is 13.8. The summed E-state index contributed by atoms with van der Waals surface area (Å²) in [5.41, 5.74) is 2.84. The molecule has 0 aliphatic carbocycles. The van der Waals surface area contributed by atoms with Crippen molar-refractivity contribution in [3.05, 3.63) is 49.8 Å². The monoisotopic (exact) mass is 481 g/mol. The quantitative estimate of drug-likeness (QED) is 0.612. The molecule has 2 aromatic rings. The van der Waals surface area contributed by atoms with Crippen LogP contribution in [0.2, 0.25) is 0 Å². The number of rotatable bonds is 6. The van der Waals surface area contributed by atoms with E-state index in [-0.39, 0.29) is 5.56 Å². The smallest absolute Gasteiger partial charge is 0.406 e. The molecule has 0 saturated carbocycles. The molecule has 9 heteroatoms. The maximum atomic E-state index is 12.4. The van der Waals surface area contributed by atoms with Crippen LogP contribution in [0.25, 0.3) is 11.4 Å². The minimum absolute atomic E-state index is 0.0602. The molecule has 1 aliphatic rings. The maximum absolute atomic E-state index is 12.4. The van der Waals surface area contributed by atoms with E-state index in [1.54, 1.807) is 11.8 Å². The number of alkyl carbamates (subject to hydrolysis) is 1. The molecule has 1 aromatic heterocycles. The van der Waals surface area contributed by atoms with Crippen molar-refractivity contribution >= 4 is 33.8 Å². The molecule has 3 rings (SSSR count). The molecular weight excluding hydrogens is 458 g/mol. The van der Waals surface area contributed by atoms with Crippen molar-refractivity contribution in [1.82, 2.24) is 15.3 Å². The highest BCUT2D eigenvalue weighted by Crippen LogP contribution is 2.33. The van der Waals surface area contributed by atoms with Crippen LogP contribution in [0.1, 0.15) is 30.7 Å². The first-order valence-electron chi connectivity index (χ1n) is 9.28. The number of hydrogen-bond acceptors (Lipinski definition) is 6. The number of hydrogen-bond donors (Lipinski definition) is 2. The van der Waals surface area contributed by atoms with Crippen LogP contribution in [0, 0.1) is 0 Å². The molecule has 0 fully saturated rings. The molecule has 0 spiro atoms. The number of aromatic amines is 1. The van der Waals surface area contributed by atoms with E-state index in [4.69, 9.17) is 9.72 Å². The van der Waals surface area contributed by atoms with Gasteiger partial charge in [0.2, 0.25) is 0 Å². The predicted octanol–water partition coefficient (Wildman–Crippen LogP) is 3.60. The Balaban J connectivity index is 1.77. The van der Waals surface area contributed by atoms with Gasteiger partial charge in [-0.15, -0.1) is 0 Å². The van der Waals surface area contributed by atoms with Gasteiger partial charge < -0.3 is 19.8 Å². The number of carbonyl (C=O) groups is 1. The molecule has 0 unspecified atom stereocenters. The second-order valence-electron chi connectivity index (χ2n) is 7.11. The summed E-state index contributed by atoms with van der Waals surface area (Å²) in [5, 5.41) is 2.59. The number of carbonyl (C=O) groups excluding carboxylic acids is 1. The lowest BCUT2D eigenvalue weighted by Gasteiger charge is -2.26. The van der Waals surface area contributed by atoms with E-state index in [9.17, 15) is 9.59 Å². The van der Waals surface area contributed by atoms with E-state index in [1.165, 1.54) is 7.11 Å². The van der Waals surface area contributed by atoms with Crippen molar-refractivity contribution in [3.63, 3.8) is 0 Å². The van der Waals surface area contributed by atoms with Gasteiger partial charge in [-0.2, -0.15) is 11.8 Å². The van der Waals surface area contributed by atoms with Crippen molar-refractivity contribution in [2.24, 2.45) is 0 Å². The number of ether oxygens (including phenoxy) is 2. The minimum Gasteiger partial charge on any atom is -0.453 e. The molecule has 29 heavy (non-hydrogen) atoms. The highest BCUT2D eigenvalue weighted by Gasteiger charge is 2.23. The highest BCUT2D eigenvalue weighted by atomic mass is 79.9. The SMILES string of the molecule is COC(=O)NCCOC(C)(C)c1ccc(-c2nc3c(c(=O)[nH]2)CSCC3)c(Br)c1. The molecule has 0 atom stereocenters. The Bertz CT molecular complexity index is 961. The van der Waals surface area contributed by atoms with E-state index >= 15 is 0 Å². The Labute approximate surface area is 182 Å². The van der Waals surface area contributed by atoms with Gasteiger partial charge in [0.1, 0.15) is 5.82 Å². The van der Waals surface area contributed by atoms with Gasteiger partial charge in [-0.1, -0.05) is 22.0 Å². The molecule has 1 aliphatic heterocycles. The standard InChI is InChI=1S/C20H24BrN3O4S/c1-20(2,28-8-7-22-19(26)27-3)12-4-5-13(15(21)10-12)17-23-16-6-9-29-11-14(16)18(25)24-17/h4-5,10H,6-9,11H2,1-3H3,(H,22,26)(H,23,24,25). The fourth-order valence-electron chi connectivity index (χ4n) is 3.07. The first kappa shape index (κ1) is 21.9. The number of amides is 1. The zero-order valence-corrected chi connectivity index (χ0v) is 19.0. The summed E-state index contributed by atoms with van der Waals surface area (Å²) in [5.74, 6) is 2.27. The zero-order chi connectivity index (χ0) is 21.0. The molecule has 1 aromatic carbocycles. The first-order valence-corrected chi connectivity index (χ1v) is 11.2. The molecule has 0 radical (unpaired) electrons. The fraction of sp³-hybridized carbons (Fsp3) is 0.450.